The van der Waals surface area contributed by atoms with E-state index in [1.807, 2.05) is 12.1 Å². The lowest BCUT2D eigenvalue weighted by molar-refractivity contribution is -0.124. The van der Waals surface area contributed by atoms with Crippen LogP contribution >= 0.6 is 0 Å². The number of carbonyl (C=O) groups excluding carboxylic acids is 3. The Hall–Kier alpha value is -3.46. The fraction of sp³-hybridized carbons (Fsp3) is 0.440. The number of allylic oxidation sites excluding steroid dienone is 1. The molecule has 0 bridgehead atoms. The van der Waals surface area contributed by atoms with Gasteiger partial charge in [0, 0.05) is 37.8 Å². The summed E-state index contributed by atoms with van der Waals surface area (Å²) in [5, 5.41) is 12.8. The number of aromatic nitrogens is 2. The Morgan fingerprint density at radius 1 is 1.18 bits per heavy atom. The zero-order valence-corrected chi connectivity index (χ0v) is 19.0. The fourth-order valence-electron chi connectivity index (χ4n) is 5.73. The molecule has 34 heavy (non-hydrogen) atoms. The SMILES string of the molecule is Cn1nccc1C(=O)NC(C(=O)Nc1ccc2c(c1)NC(=O)C21CCOCC1)=C1CC2CC2C1. The van der Waals surface area contributed by atoms with E-state index < -0.39 is 5.41 Å². The molecule has 3 N–H and O–H groups in total. The average Bonchev–Trinajstić information content (AvgIpc) is 3.12. The highest BCUT2D eigenvalue weighted by Crippen LogP contribution is 2.54. The molecular formula is C25H27N5O4. The number of anilines is 2. The van der Waals surface area contributed by atoms with Gasteiger partial charge in [-0.2, -0.15) is 5.10 Å². The molecule has 2 atom stereocenters. The zero-order valence-electron chi connectivity index (χ0n) is 19.0. The number of nitrogens with one attached hydrogen (secondary N) is 3. The Morgan fingerprint density at radius 3 is 2.65 bits per heavy atom. The molecule has 176 valence electrons. The quantitative estimate of drug-likeness (QED) is 0.606. The summed E-state index contributed by atoms with van der Waals surface area (Å²) in [6.07, 6.45) is 5.72. The largest absolute Gasteiger partial charge is 0.381 e. The van der Waals surface area contributed by atoms with Crippen molar-refractivity contribution in [3.63, 3.8) is 0 Å². The summed E-state index contributed by atoms with van der Waals surface area (Å²) in [7, 11) is 1.69. The first kappa shape index (κ1) is 21.1. The molecule has 2 aliphatic carbocycles. The summed E-state index contributed by atoms with van der Waals surface area (Å²) in [4.78, 5) is 39.0. The van der Waals surface area contributed by atoms with Crippen LogP contribution < -0.4 is 16.0 Å². The lowest BCUT2D eigenvalue weighted by atomic mass is 9.75. The monoisotopic (exact) mass is 461 g/mol. The van der Waals surface area contributed by atoms with E-state index in [-0.39, 0.29) is 17.7 Å². The first-order valence-electron chi connectivity index (χ1n) is 11.8. The molecule has 2 aromatic rings. The number of fused-ring (bicyclic) bond motifs is 3. The van der Waals surface area contributed by atoms with Crippen LogP contribution in [-0.2, 0) is 26.8 Å². The molecule has 3 fully saturated rings. The predicted molar refractivity (Wildman–Crippen MR) is 124 cm³/mol. The van der Waals surface area contributed by atoms with Gasteiger partial charge in [-0.1, -0.05) is 6.07 Å². The van der Waals surface area contributed by atoms with Gasteiger partial charge in [0.05, 0.1) is 5.41 Å². The third kappa shape index (κ3) is 3.42. The van der Waals surface area contributed by atoms with E-state index in [1.165, 1.54) is 11.1 Å². The molecule has 3 amide bonds. The fourth-order valence-corrected chi connectivity index (χ4v) is 5.73. The van der Waals surface area contributed by atoms with Gasteiger partial charge < -0.3 is 20.7 Å². The van der Waals surface area contributed by atoms with Crippen LogP contribution in [0.2, 0.25) is 0 Å². The molecular weight excluding hydrogens is 434 g/mol. The third-order valence-corrected chi connectivity index (χ3v) is 7.78. The molecule has 1 saturated heterocycles. The van der Waals surface area contributed by atoms with Crippen molar-refractivity contribution in [1.29, 1.82) is 0 Å². The van der Waals surface area contributed by atoms with Gasteiger partial charge in [-0.3, -0.25) is 19.1 Å². The number of amides is 3. The summed E-state index contributed by atoms with van der Waals surface area (Å²) >= 11 is 0. The summed E-state index contributed by atoms with van der Waals surface area (Å²) in [6, 6.07) is 7.16. The summed E-state index contributed by atoms with van der Waals surface area (Å²) in [5.74, 6) is 0.526. The van der Waals surface area contributed by atoms with Crippen molar-refractivity contribution in [3.05, 3.63) is 53.0 Å². The summed E-state index contributed by atoms with van der Waals surface area (Å²) in [6.45, 7) is 1.11. The first-order chi connectivity index (χ1) is 16.4. The number of rotatable bonds is 4. The van der Waals surface area contributed by atoms with Crippen LogP contribution in [0.5, 0.6) is 0 Å². The predicted octanol–water partition coefficient (Wildman–Crippen LogP) is 2.47. The van der Waals surface area contributed by atoms with Crippen LogP contribution in [-0.4, -0.2) is 40.7 Å². The second-order valence-corrected chi connectivity index (χ2v) is 9.80. The Labute approximate surface area is 196 Å². The van der Waals surface area contributed by atoms with E-state index in [1.54, 1.807) is 25.4 Å². The van der Waals surface area contributed by atoms with E-state index in [0.29, 0.717) is 55.0 Å². The van der Waals surface area contributed by atoms with Gasteiger partial charge in [-0.25, -0.2) is 0 Å². The maximum atomic E-state index is 13.4. The number of aryl methyl sites for hydroxylation is 1. The Morgan fingerprint density at radius 2 is 1.94 bits per heavy atom. The van der Waals surface area contributed by atoms with Gasteiger partial charge in [-0.05, 0) is 73.3 Å². The molecule has 6 rings (SSSR count). The van der Waals surface area contributed by atoms with Gasteiger partial charge in [-0.15, -0.1) is 0 Å². The molecule has 2 unspecified atom stereocenters. The topological polar surface area (TPSA) is 114 Å². The Kier molecular flexibility index (Phi) is 4.84. The smallest absolute Gasteiger partial charge is 0.274 e. The van der Waals surface area contributed by atoms with E-state index in [4.69, 9.17) is 4.74 Å². The van der Waals surface area contributed by atoms with Crippen molar-refractivity contribution in [2.24, 2.45) is 18.9 Å². The number of ether oxygens (including phenoxy) is 1. The molecule has 9 nitrogen and oxygen atoms in total. The minimum atomic E-state index is -0.550. The second kappa shape index (κ2) is 7.80. The number of nitrogens with zero attached hydrogens (tertiary/aromatic N) is 2. The van der Waals surface area contributed by atoms with Crippen molar-refractivity contribution in [1.82, 2.24) is 15.1 Å². The van der Waals surface area contributed by atoms with Gasteiger partial charge >= 0.3 is 0 Å². The van der Waals surface area contributed by atoms with Gasteiger partial charge in [0.2, 0.25) is 5.91 Å². The lowest BCUT2D eigenvalue weighted by Gasteiger charge is -2.31. The van der Waals surface area contributed by atoms with Crippen molar-refractivity contribution in [2.45, 2.75) is 37.5 Å². The molecule has 2 aliphatic heterocycles. The van der Waals surface area contributed by atoms with Crippen LogP contribution in [0.15, 0.2) is 41.7 Å². The van der Waals surface area contributed by atoms with Crippen molar-refractivity contribution in [3.8, 4) is 0 Å². The summed E-state index contributed by atoms with van der Waals surface area (Å²) in [5.41, 5.74) is 3.40. The van der Waals surface area contributed by atoms with Crippen molar-refractivity contribution in [2.75, 3.05) is 23.8 Å². The zero-order chi connectivity index (χ0) is 23.4. The van der Waals surface area contributed by atoms with Crippen molar-refractivity contribution < 1.29 is 19.1 Å². The second-order valence-electron chi connectivity index (χ2n) is 9.80. The van der Waals surface area contributed by atoms with Gasteiger partial charge in [0.1, 0.15) is 11.4 Å². The van der Waals surface area contributed by atoms with E-state index in [9.17, 15) is 14.4 Å². The van der Waals surface area contributed by atoms with Gasteiger partial charge in [0.15, 0.2) is 0 Å². The first-order valence-corrected chi connectivity index (χ1v) is 11.8. The number of hydrogen-bond acceptors (Lipinski definition) is 5. The third-order valence-electron chi connectivity index (χ3n) is 7.78. The molecule has 1 spiro atoms. The molecule has 9 heteroatoms. The molecule has 3 heterocycles. The van der Waals surface area contributed by atoms with Gasteiger partial charge in [0.25, 0.3) is 11.8 Å². The van der Waals surface area contributed by atoms with E-state index in [2.05, 4.69) is 21.0 Å². The molecule has 0 radical (unpaired) electrons. The van der Waals surface area contributed by atoms with Crippen LogP contribution in [0, 0.1) is 11.8 Å². The minimum absolute atomic E-state index is 0.00861. The maximum Gasteiger partial charge on any atom is 0.274 e. The van der Waals surface area contributed by atoms with Crippen LogP contribution in [0.25, 0.3) is 0 Å². The molecule has 4 aliphatic rings. The standard InChI is InChI=1S/C25H27N5O4/c1-30-20(4-7-26-30)22(31)29-21(16-11-14-10-15(14)12-16)23(32)27-17-2-3-18-19(13-17)28-24(33)25(18)5-8-34-9-6-25/h2-4,7,13-15H,5-6,8-12H2,1H3,(H,27,32)(H,28,33)(H,29,31). The van der Waals surface area contributed by atoms with E-state index >= 15 is 0 Å². The van der Waals surface area contributed by atoms with E-state index in [0.717, 1.165) is 29.7 Å². The average molecular weight is 462 g/mol. The van der Waals surface area contributed by atoms with Crippen LogP contribution in [0.4, 0.5) is 11.4 Å². The highest BCUT2D eigenvalue weighted by Gasteiger charge is 2.48. The normalized spacial score (nSPS) is 23.8. The van der Waals surface area contributed by atoms with Crippen molar-refractivity contribution >= 4 is 29.1 Å². The number of hydrogen-bond donors (Lipinski definition) is 3. The lowest BCUT2D eigenvalue weighted by Crippen LogP contribution is -2.39. The maximum absolute atomic E-state index is 13.4. The Balaban J connectivity index is 1.25. The Bertz CT molecular complexity index is 1230. The molecule has 1 aromatic heterocycles. The number of carbonyl (C=O) groups is 3. The highest BCUT2D eigenvalue weighted by molar-refractivity contribution is 6.10. The minimum Gasteiger partial charge on any atom is -0.381 e. The molecule has 2 saturated carbocycles. The summed E-state index contributed by atoms with van der Waals surface area (Å²) < 4.78 is 6.95. The highest BCUT2D eigenvalue weighted by atomic mass is 16.5. The molecule has 1 aromatic carbocycles. The van der Waals surface area contributed by atoms with Crippen LogP contribution in [0.3, 0.4) is 0 Å². The van der Waals surface area contributed by atoms with Crippen LogP contribution in [0.1, 0.15) is 48.2 Å². The number of benzene rings is 1.